The van der Waals surface area contributed by atoms with Crippen molar-refractivity contribution in [3.63, 3.8) is 0 Å². The highest BCUT2D eigenvalue weighted by Crippen LogP contribution is 2.36. The summed E-state index contributed by atoms with van der Waals surface area (Å²) >= 11 is 0. The van der Waals surface area contributed by atoms with Crippen LogP contribution in [0.15, 0.2) is 28.8 Å². The van der Waals surface area contributed by atoms with Crippen LogP contribution in [0.5, 0.6) is 5.88 Å². The first-order valence-corrected chi connectivity index (χ1v) is 8.83. The Balaban J connectivity index is 2.00. The molecule has 1 aromatic heterocycles. The Hall–Kier alpha value is -2.50. The minimum absolute atomic E-state index is 0.186. The molecule has 1 aromatic carbocycles. The lowest BCUT2D eigenvalue weighted by Gasteiger charge is -2.19. The van der Waals surface area contributed by atoms with E-state index in [1.54, 1.807) is 0 Å². The van der Waals surface area contributed by atoms with Gasteiger partial charge in [-0.2, -0.15) is 0 Å². The van der Waals surface area contributed by atoms with Gasteiger partial charge in [0.25, 0.3) is 5.88 Å². The van der Waals surface area contributed by atoms with Crippen molar-refractivity contribution in [1.29, 1.82) is 0 Å². The number of amides is 1. The first-order chi connectivity index (χ1) is 12.2. The van der Waals surface area contributed by atoms with Gasteiger partial charge in [0, 0.05) is 5.56 Å². The lowest BCUT2D eigenvalue weighted by atomic mass is 9.99. The first-order valence-electron chi connectivity index (χ1n) is 8.83. The summed E-state index contributed by atoms with van der Waals surface area (Å²) in [6.45, 7) is 12.2. The smallest absolute Gasteiger partial charge is 0.407 e. The fraction of sp³-hybridized carbons (Fsp3) is 0.500. The minimum Gasteiger partial charge on any atom is -0.473 e. The molecule has 6 heteroatoms. The standard InChI is InChI=1S/C20H28N2O4/c1-13(2)16-17(15-9-7-14(3)8-10-15)26-22-18(16)24-12-11-21-19(23)25-20(4,5)6/h7-10,13H,11-12H2,1-6H3,(H,21,23). The van der Waals surface area contributed by atoms with E-state index >= 15 is 0 Å². The third kappa shape index (κ3) is 5.51. The minimum atomic E-state index is -0.523. The van der Waals surface area contributed by atoms with Crippen molar-refractivity contribution in [3.8, 4) is 17.2 Å². The van der Waals surface area contributed by atoms with Crippen LogP contribution < -0.4 is 10.1 Å². The van der Waals surface area contributed by atoms with Crippen LogP contribution in [0.2, 0.25) is 0 Å². The summed E-state index contributed by atoms with van der Waals surface area (Å²) in [6, 6.07) is 8.09. The molecule has 2 aromatic rings. The molecule has 0 unspecified atom stereocenters. The maximum absolute atomic E-state index is 11.6. The first kappa shape index (κ1) is 19.8. The van der Waals surface area contributed by atoms with E-state index in [-0.39, 0.29) is 12.5 Å². The van der Waals surface area contributed by atoms with Gasteiger partial charge in [-0.1, -0.05) is 43.7 Å². The molecular formula is C20H28N2O4. The quantitative estimate of drug-likeness (QED) is 0.757. The number of hydrogen-bond acceptors (Lipinski definition) is 5. The molecular weight excluding hydrogens is 332 g/mol. The predicted molar refractivity (Wildman–Crippen MR) is 100 cm³/mol. The molecule has 0 saturated carbocycles. The van der Waals surface area contributed by atoms with E-state index in [1.807, 2.05) is 52.0 Å². The fourth-order valence-electron chi connectivity index (χ4n) is 2.42. The fourth-order valence-corrected chi connectivity index (χ4v) is 2.42. The summed E-state index contributed by atoms with van der Waals surface area (Å²) in [5.74, 6) is 1.36. The highest BCUT2D eigenvalue weighted by molar-refractivity contribution is 5.67. The molecule has 0 radical (unpaired) electrons. The number of benzene rings is 1. The van der Waals surface area contributed by atoms with Crippen molar-refractivity contribution in [3.05, 3.63) is 35.4 Å². The van der Waals surface area contributed by atoms with Gasteiger partial charge in [0.15, 0.2) is 5.76 Å². The maximum atomic E-state index is 11.6. The monoisotopic (exact) mass is 360 g/mol. The van der Waals surface area contributed by atoms with E-state index in [1.165, 1.54) is 5.56 Å². The second-order valence-electron chi connectivity index (χ2n) is 7.53. The summed E-state index contributed by atoms with van der Waals surface area (Å²) in [7, 11) is 0. The number of alkyl carbamates (subject to hydrolysis) is 1. The molecule has 26 heavy (non-hydrogen) atoms. The zero-order valence-corrected chi connectivity index (χ0v) is 16.4. The molecule has 0 aliphatic carbocycles. The molecule has 2 rings (SSSR count). The number of rotatable bonds is 6. The van der Waals surface area contributed by atoms with Crippen LogP contribution in [-0.2, 0) is 4.74 Å². The normalized spacial score (nSPS) is 11.5. The Morgan fingerprint density at radius 3 is 2.46 bits per heavy atom. The summed E-state index contributed by atoms with van der Waals surface area (Å²) < 4.78 is 16.5. The van der Waals surface area contributed by atoms with Crippen LogP contribution in [-0.4, -0.2) is 30.0 Å². The van der Waals surface area contributed by atoms with Gasteiger partial charge in [-0.15, -0.1) is 0 Å². The maximum Gasteiger partial charge on any atom is 0.407 e. The van der Waals surface area contributed by atoms with E-state index < -0.39 is 11.7 Å². The summed E-state index contributed by atoms with van der Waals surface area (Å²) in [5.41, 5.74) is 2.55. The third-order valence-corrected chi connectivity index (χ3v) is 3.60. The van der Waals surface area contributed by atoms with Crippen LogP contribution in [0, 0.1) is 6.92 Å². The van der Waals surface area contributed by atoms with Crippen LogP contribution in [0.25, 0.3) is 11.3 Å². The average Bonchev–Trinajstić information content (AvgIpc) is 2.94. The van der Waals surface area contributed by atoms with E-state index in [0.717, 1.165) is 16.9 Å². The highest BCUT2D eigenvalue weighted by atomic mass is 16.6. The SMILES string of the molecule is Cc1ccc(-c2onc(OCCNC(=O)OC(C)(C)C)c2C(C)C)cc1. The van der Waals surface area contributed by atoms with Gasteiger partial charge in [0.2, 0.25) is 0 Å². The van der Waals surface area contributed by atoms with Gasteiger partial charge in [-0.25, -0.2) is 4.79 Å². The van der Waals surface area contributed by atoms with Gasteiger partial charge in [0.1, 0.15) is 12.2 Å². The van der Waals surface area contributed by atoms with Crippen molar-refractivity contribution in [2.45, 2.75) is 53.1 Å². The number of nitrogens with one attached hydrogen (secondary N) is 1. The van der Waals surface area contributed by atoms with E-state index in [4.69, 9.17) is 14.0 Å². The molecule has 0 bridgehead atoms. The van der Waals surface area contributed by atoms with E-state index in [0.29, 0.717) is 12.4 Å². The molecule has 1 amide bonds. The second kappa shape index (κ2) is 8.25. The van der Waals surface area contributed by atoms with Crippen molar-refractivity contribution in [1.82, 2.24) is 10.5 Å². The summed E-state index contributed by atoms with van der Waals surface area (Å²) in [6.07, 6.45) is -0.467. The number of carbonyl (C=O) groups excluding carboxylic acids is 1. The molecule has 1 N–H and O–H groups in total. The van der Waals surface area contributed by atoms with Gasteiger partial charge in [-0.3, -0.25) is 0 Å². The van der Waals surface area contributed by atoms with Crippen LogP contribution in [0.1, 0.15) is 51.7 Å². The number of carbonyl (C=O) groups is 1. The van der Waals surface area contributed by atoms with Crippen LogP contribution in [0.3, 0.4) is 0 Å². The molecule has 0 fully saturated rings. The summed E-state index contributed by atoms with van der Waals surface area (Å²) in [4.78, 5) is 11.6. The number of hydrogen-bond donors (Lipinski definition) is 1. The van der Waals surface area contributed by atoms with Crippen LogP contribution >= 0.6 is 0 Å². The molecule has 0 aliphatic rings. The molecule has 0 aliphatic heterocycles. The van der Waals surface area contributed by atoms with Gasteiger partial charge in [-0.05, 0) is 38.8 Å². The Morgan fingerprint density at radius 2 is 1.88 bits per heavy atom. The van der Waals surface area contributed by atoms with Crippen molar-refractivity contribution in [2.24, 2.45) is 0 Å². The number of nitrogens with zero attached hydrogens (tertiary/aromatic N) is 1. The Morgan fingerprint density at radius 1 is 1.23 bits per heavy atom. The molecule has 0 spiro atoms. The van der Waals surface area contributed by atoms with Crippen LogP contribution in [0.4, 0.5) is 4.79 Å². The second-order valence-corrected chi connectivity index (χ2v) is 7.53. The molecule has 6 nitrogen and oxygen atoms in total. The van der Waals surface area contributed by atoms with E-state index in [9.17, 15) is 4.79 Å². The van der Waals surface area contributed by atoms with Crippen molar-refractivity contribution < 1.29 is 18.8 Å². The molecule has 142 valence electrons. The van der Waals surface area contributed by atoms with Gasteiger partial charge >= 0.3 is 6.09 Å². The number of aromatic nitrogens is 1. The largest absolute Gasteiger partial charge is 0.473 e. The zero-order chi connectivity index (χ0) is 19.3. The third-order valence-electron chi connectivity index (χ3n) is 3.60. The van der Waals surface area contributed by atoms with Crippen molar-refractivity contribution >= 4 is 6.09 Å². The van der Waals surface area contributed by atoms with Gasteiger partial charge < -0.3 is 19.3 Å². The highest BCUT2D eigenvalue weighted by Gasteiger charge is 2.22. The molecule has 1 heterocycles. The Kier molecular flexibility index (Phi) is 6.29. The zero-order valence-electron chi connectivity index (χ0n) is 16.4. The lowest BCUT2D eigenvalue weighted by molar-refractivity contribution is 0.0519. The molecule has 0 atom stereocenters. The topological polar surface area (TPSA) is 73.6 Å². The predicted octanol–water partition coefficient (Wildman–Crippen LogP) is 4.68. The van der Waals surface area contributed by atoms with Gasteiger partial charge in [0.05, 0.1) is 12.1 Å². The van der Waals surface area contributed by atoms with Crippen molar-refractivity contribution in [2.75, 3.05) is 13.2 Å². The lowest BCUT2D eigenvalue weighted by Crippen LogP contribution is -2.34. The Labute approximate surface area is 154 Å². The number of ether oxygens (including phenoxy) is 2. The number of aryl methyl sites for hydroxylation is 1. The molecule has 0 saturated heterocycles. The van der Waals surface area contributed by atoms with E-state index in [2.05, 4.69) is 24.3 Å². The average molecular weight is 360 g/mol. The Bertz CT molecular complexity index is 727. The summed E-state index contributed by atoms with van der Waals surface area (Å²) in [5, 5.41) is 6.73.